The van der Waals surface area contributed by atoms with E-state index in [1.165, 1.54) is 37.6 Å². The third-order valence-corrected chi connectivity index (χ3v) is 6.09. The molecule has 1 aliphatic carbocycles. The van der Waals surface area contributed by atoms with Crippen LogP contribution in [-0.2, 0) is 16.1 Å². The first-order valence-corrected chi connectivity index (χ1v) is 10.5. The fraction of sp³-hybridized carbons (Fsp3) is 0.375. The van der Waals surface area contributed by atoms with Gasteiger partial charge in [0.05, 0.1) is 31.1 Å². The largest absolute Gasteiger partial charge is 0.496 e. The van der Waals surface area contributed by atoms with Crippen LogP contribution in [0.3, 0.4) is 0 Å². The van der Waals surface area contributed by atoms with Crippen molar-refractivity contribution in [2.24, 2.45) is 5.41 Å². The summed E-state index contributed by atoms with van der Waals surface area (Å²) in [5.41, 5.74) is -5.19. The second-order valence-corrected chi connectivity index (χ2v) is 9.14. The first kappa shape index (κ1) is 23.6. The van der Waals surface area contributed by atoms with Gasteiger partial charge >= 0.3 is 6.18 Å². The third-order valence-electron chi connectivity index (χ3n) is 6.09. The number of benzene rings is 1. The highest BCUT2D eigenvalue weighted by molar-refractivity contribution is 6.14. The van der Waals surface area contributed by atoms with Gasteiger partial charge in [-0.25, -0.2) is 0 Å². The van der Waals surface area contributed by atoms with Gasteiger partial charge in [0.25, 0.3) is 11.8 Å². The van der Waals surface area contributed by atoms with Crippen molar-refractivity contribution in [1.29, 1.82) is 0 Å². The Kier molecular flexibility index (Phi) is 5.58. The monoisotopic (exact) mass is 476 g/mol. The lowest BCUT2D eigenvalue weighted by Crippen LogP contribution is -2.66. The third kappa shape index (κ3) is 3.66. The van der Waals surface area contributed by atoms with E-state index >= 15 is 0 Å². The maximum absolute atomic E-state index is 14.8. The van der Waals surface area contributed by atoms with Gasteiger partial charge in [0, 0.05) is 12.1 Å². The second kappa shape index (κ2) is 8.03. The van der Waals surface area contributed by atoms with E-state index in [9.17, 15) is 27.6 Å². The van der Waals surface area contributed by atoms with Crippen molar-refractivity contribution in [3.63, 3.8) is 0 Å². The average Bonchev–Trinajstić information content (AvgIpc) is 3.34. The summed E-state index contributed by atoms with van der Waals surface area (Å²) in [5, 5.41) is 1.90. The van der Waals surface area contributed by atoms with E-state index in [1.54, 1.807) is 26.0 Å². The number of para-hydroxylation sites is 1. The van der Waals surface area contributed by atoms with E-state index in [-0.39, 0.29) is 42.2 Å². The highest BCUT2D eigenvalue weighted by atomic mass is 19.4. The van der Waals surface area contributed by atoms with E-state index in [2.05, 4.69) is 0 Å². The number of ketones is 1. The molecule has 10 heteroatoms. The molecule has 0 saturated heterocycles. The highest BCUT2D eigenvalue weighted by Gasteiger charge is 2.71. The molecule has 2 aromatic rings. The minimum atomic E-state index is -5.29. The molecule has 0 fully saturated rings. The molecule has 0 unspecified atom stereocenters. The number of alkyl halides is 3. The summed E-state index contributed by atoms with van der Waals surface area (Å²) < 4.78 is 54.8. The summed E-state index contributed by atoms with van der Waals surface area (Å²) in [5.74, 6) is -3.20. The average molecular weight is 476 g/mol. The van der Waals surface area contributed by atoms with Gasteiger partial charge in [0.2, 0.25) is 5.54 Å². The molecule has 0 spiro atoms. The van der Waals surface area contributed by atoms with Crippen LogP contribution in [0.25, 0.3) is 0 Å². The quantitative estimate of drug-likeness (QED) is 0.705. The summed E-state index contributed by atoms with van der Waals surface area (Å²) >= 11 is 0. The number of furan rings is 1. The molecule has 1 aliphatic heterocycles. The first-order valence-electron chi connectivity index (χ1n) is 10.5. The number of methoxy groups -OCH3 is 1. The number of rotatable bonds is 5. The Labute approximate surface area is 193 Å². The number of allylic oxidation sites excluding steroid dienone is 1. The van der Waals surface area contributed by atoms with Crippen LogP contribution in [0.4, 0.5) is 13.2 Å². The van der Waals surface area contributed by atoms with Crippen LogP contribution in [0.5, 0.6) is 5.75 Å². The summed E-state index contributed by atoms with van der Waals surface area (Å²) in [4.78, 5) is 40.7. The molecule has 1 N–H and O–H groups in total. The molecule has 4 rings (SSSR count). The van der Waals surface area contributed by atoms with Crippen molar-refractivity contribution in [3.05, 3.63) is 65.3 Å². The molecule has 1 aromatic carbocycles. The van der Waals surface area contributed by atoms with Gasteiger partial charge in [0.15, 0.2) is 5.78 Å². The van der Waals surface area contributed by atoms with Crippen LogP contribution < -0.4 is 10.1 Å². The summed E-state index contributed by atoms with van der Waals surface area (Å²) in [6.45, 7) is 3.17. The number of amides is 2. The number of carbonyl (C=O) groups is 3. The van der Waals surface area contributed by atoms with Crippen molar-refractivity contribution >= 4 is 17.6 Å². The molecule has 2 aliphatic rings. The van der Waals surface area contributed by atoms with E-state index < -0.39 is 40.3 Å². The topological polar surface area (TPSA) is 88.8 Å². The normalized spacial score (nSPS) is 22.1. The van der Waals surface area contributed by atoms with Crippen LogP contribution in [0.1, 0.15) is 42.8 Å². The Balaban J connectivity index is 1.88. The molecule has 1 aromatic heterocycles. The van der Waals surface area contributed by atoms with E-state index in [1.807, 2.05) is 5.32 Å². The van der Waals surface area contributed by atoms with Gasteiger partial charge in [-0.2, -0.15) is 13.2 Å². The Hall–Kier alpha value is -3.56. The van der Waals surface area contributed by atoms with Crippen molar-refractivity contribution in [2.45, 2.75) is 44.9 Å². The number of nitrogens with zero attached hydrogens (tertiary/aromatic N) is 1. The zero-order valence-corrected chi connectivity index (χ0v) is 18.8. The van der Waals surface area contributed by atoms with Crippen LogP contribution in [0.2, 0.25) is 0 Å². The molecule has 7 nitrogen and oxygen atoms in total. The standard InChI is InChI=1S/C24H23F3N2O5/c1-22(2)11-16-19(17(30)12-22)23(24(25,26)27,21(32)29(16)13-14-7-6-10-34-14)28-20(31)15-8-4-5-9-18(15)33-3/h4-10H,11-13H2,1-3H3,(H,28,31)/t23-/m0/s1. The molecule has 1 atom stereocenters. The molecule has 2 amide bonds. The highest BCUT2D eigenvalue weighted by Crippen LogP contribution is 2.52. The fourth-order valence-corrected chi connectivity index (χ4v) is 4.62. The molecule has 34 heavy (non-hydrogen) atoms. The Morgan fingerprint density at radius 3 is 2.47 bits per heavy atom. The molecule has 0 radical (unpaired) electrons. The molecule has 180 valence electrons. The number of ether oxygens (including phenoxy) is 1. The fourth-order valence-electron chi connectivity index (χ4n) is 4.62. The van der Waals surface area contributed by atoms with Crippen LogP contribution in [0, 0.1) is 5.41 Å². The lowest BCUT2D eigenvalue weighted by molar-refractivity contribution is -0.191. The van der Waals surface area contributed by atoms with Crippen molar-refractivity contribution < 1.29 is 36.7 Å². The van der Waals surface area contributed by atoms with Gasteiger partial charge in [-0.15, -0.1) is 0 Å². The minimum Gasteiger partial charge on any atom is -0.496 e. The first-order chi connectivity index (χ1) is 15.9. The van der Waals surface area contributed by atoms with Crippen LogP contribution >= 0.6 is 0 Å². The van der Waals surface area contributed by atoms with Gasteiger partial charge in [-0.3, -0.25) is 14.4 Å². The van der Waals surface area contributed by atoms with E-state index in [4.69, 9.17) is 9.15 Å². The molecule has 2 heterocycles. The predicted octanol–water partition coefficient (Wildman–Crippen LogP) is 4.00. The van der Waals surface area contributed by atoms with Crippen molar-refractivity contribution in [1.82, 2.24) is 10.2 Å². The summed E-state index contributed by atoms with van der Waals surface area (Å²) in [7, 11) is 1.27. The number of hydrogen-bond acceptors (Lipinski definition) is 5. The number of hydrogen-bond donors (Lipinski definition) is 1. The SMILES string of the molecule is COc1ccccc1C(=O)N[C@]1(C(F)(F)F)C(=O)N(Cc2ccco2)C2=C1C(=O)CC(C)(C)C2. The zero-order chi connectivity index (χ0) is 24.9. The number of Topliss-reactive ketones (excluding diaryl/α,β-unsaturated/α-hetero) is 1. The van der Waals surface area contributed by atoms with Crippen LogP contribution in [0.15, 0.2) is 58.3 Å². The molecule has 0 bridgehead atoms. The number of carbonyl (C=O) groups excluding carboxylic acids is 3. The maximum Gasteiger partial charge on any atom is 0.425 e. The minimum absolute atomic E-state index is 0.0283. The lowest BCUT2D eigenvalue weighted by atomic mass is 9.72. The van der Waals surface area contributed by atoms with Crippen molar-refractivity contribution in [3.8, 4) is 5.75 Å². The lowest BCUT2D eigenvalue weighted by Gasteiger charge is -2.35. The Bertz CT molecular complexity index is 1180. The van der Waals surface area contributed by atoms with Gasteiger partial charge in [-0.05, 0) is 36.1 Å². The van der Waals surface area contributed by atoms with Gasteiger partial charge in [-0.1, -0.05) is 26.0 Å². The smallest absolute Gasteiger partial charge is 0.425 e. The number of halogens is 3. The predicted molar refractivity (Wildman–Crippen MR) is 114 cm³/mol. The molecular weight excluding hydrogens is 453 g/mol. The summed E-state index contributed by atoms with van der Waals surface area (Å²) in [6.07, 6.45) is -4.11. The van der Waals surface area contributed by atoms with Gasteiger partial charge < -0.3 is 19.4 Å². The molecule has 0 saturated carbocycles. The van der Waals surface area contributed by atoms with Gasteiger partial charge in [0.1, 0.15) is 11.5 Å². The van der Waals surface area contributed by atoms with Crippen LogP contribution in [-0.4, -0.2) is 41.3 Å². The Morgan fingerprint density at radius 1 is 1.15 bits per heavy atom. The second-order valence-electron chi connectivity index (χ2n) is 9.14. The summed E-state index contributed by atoms with van der Waals surface area (Å²) in [6, 6.07) is 8.75. The Morgan fingerprint density at radius 2 is 1.85 bits per heavy atom. The zero-order valence-electron chi connectivity index (χ0n) is 18.8. The van der Waals surface area contributed by atoms with E-state index in [0.29, 0.717) is 0 Å². The number of nitrogens with one attached hydrogen (secondary N) is 1. The molecular formula is C24H23F3N2O5. The maximum atomic E-state index is 14.8. The van der Waals surface area contributed by atoms with Crippen molar-refractivity contribution in [2.75, 3.05) is 7.11 Å². The van der Waals surface area contributed by atoms with E-state index in [0.717, 1.165) is 4.90 Å².